The summed E-state index contributed by atoms with van der Waals surface area (Å²) in [6.07, 6.45) is 0.647. The number of rotatable bonds is 11. The number of hydrogen-bond acceptors (Lipinski definition) is 7. The lowest BCUT2D eigenvalue weighted by Crippen LogP contribution is -2.16. The van der Waals surface area contributed by atoms with Crippen LogP contribution in [0.25, 0.3) is 11.5 Å². The smallest absolute Gasteiger partial charge is 0.333 e. The van der Waals surface area contributed by atoms with Crippen molar-refractivity contribution in [2.75, 3.05) is 20.8 Å². The average Bonchev–Trinajstić information content (AvgIpc) is 3.21. The maximum absolute atomic E-state index is 13.5. The number of aromatic nitrogens is 1. The summed E-state index contributed by atoms with van der Waals surface area (Å²) in [6, 6.07) is 13.1. The molecule has 8 nitrogen and oxygen atoms in total. The molecule has 0 unspecified atom stereocenters. The molecule has 0 amide bonds. The van der Waals surface area contributed by atoms with Gasteiger partial charge in [0.1, 0.15) is 17.3 Å². The Hall–Kier alpha value is -3.85. The van der Waals surface area contributed by atoms with Crippen LogP contribution >= 0.6 is 0 Å². The summed E-state index contributed by atoms with van der Waals surface area (Å²) in [7, 11) is 2.90. The lowest BCUT2D eigenvalue weighted by Gasteiger charge is -2.10. The minimum Gasteiger partial charge on any atom is -0.493 e. The van der Waals surface area contributed by atoms with Gasteiger partial charge in [-0.1, -0.05) is 18.2 Å². The first-order valence-corrected chi connectivity index (χ1v) is 10.1. The van der Waals surface area contributed by atoms with Crippen molar-refractivity contribution in [2.45, 2.75) is 19.8 Å². The van der Waals surface area contributed by atoms with Gasteiger partial charge in [-0.25, -0.2) is 14.2 Å². The van der Waals surface area contributed by atoms with Gasteiger partial charge >= 0.3 is 11.9 Å². The van der Waals surface area contributed by atoms with Crippen molar-refractivity contribution < 1.29 is 33.0 Å². The van der Waals surface area contributed by atoms with Crippen molar-refractivity contribution in [3.63, 3.8) is 0 Å². The van der Waals surface area contributed by atoms with Gasteiger partial charge in [-0.2, -0.15) is 0 Å². The topological polar surface area (TPSA) is 103 Å². The minimum absolute atomic E-state index is 0.206. The Balaban J connectivity index is 1.61. The zero-order valence-electron chi connectivity index (χ0n) is 18.6. The number of carboxylic acids is 1. The van der Waals surface area contributed by atoms with Crippen LogP contribution in [0.3, 0.4) is 0 Å². The molecule has 0 fully saturated rings. The normalized spacial score (nSPS) is 11.6. The summed E-state index contributed by atoms with van der Waals surface area (Å²) in [5.74, 6) is -0.253. The van der Waals surface area contributed by atoms with Gasteiger partial charge < -0.3 is 19.0 Å². The molecule has 2 aromatic carbocycles. The van der Waals surface area contributed by atoms with E-state index in [2.05, 4.69) is 10.5 Å². The standard InChI is InChI=1S/C24H25FN2O6/c1-15(27-31-3)20(23(28)29)13-16-7-9-19(10-8-16)32-12-11-21-24(30-2)33-22(26-21)17-5-4-6-18(25)14-17/h4-10,14,27H,11-13H2,1-3H3,(H,28,29). The summed E-state index contributed by atoms with van der Waals surface area (Å²) in [5, 5.41) is 9.42. The van der Waals surface area contributed by atoms with Crippen molar-refractivity contribution in [3.8, 4) is 23.1 Å². The van der Waals surface area contributed by atoms with E-state index < -0.39 is 5.97 Å². The first kappa shape index (κ1) is 23.8. The van der Waals surface area contributed by atoms with Gasteiger partial charge in [-0.15, -0.1) is 0 Å². The molecule has 0 saturated heterocycles. The van der Waals surface area contributed by atoms with Crippen LogP contribution in [-0.2, 0) is 22.5 Å². The molecule has 0 spiro atoms. The second-order valence-electron chi connectivity index (χ2n) is 7.10. The summed E-state index contributed by atoms with van der Waals surface area (Å²) >= 11 is 0. The number of hydrogen-bond donors (Lipinski definition) is 2. The molecule has 1 heterocycles. The second kappa shape index (κ2) is 11.1. The molecule has 0 atom stereocenters. The zero-order valence-corrected chi connectivity index (χ0v) is 18.6. The Morgan fingerprint density at radius 3 is 2.58 bits per heavy atom. The molecule has 0 bridgehead atoms. The number of methoxy groups -OCH3 is 1. The van der Waals surface area contributed by atoms with E-state index in [4.69, 9.17) is 18.7 Å². The molecule has 0 aliphatic rings. The van der Waals surface area contributed by atoms with E-state index in [1.807, 2.05) is 0 Å². The number of allylic oxidation sites excluding steroid dienone is 1. The van der Waals surface area contributed by atoms with Crippen molar-refractivity contribution in [2.24, 2.45) is 0 Å². The van der Waals surface area contributed by atoms with Crippen LogP contribution in [0.2, 0.25) is 0 Å². The predicted molar refractivity (Wildman–Crippen MR) is 118 cm³/mol. The number of nitrogens with one attached hydrogen (secondary N) is 1. The summed E-state index contributed by atoms with van der Waals surface area (Å²) in [6.45, 7) is 1.95. The molecule has 1 aromatic heterocycles. The molecule has 3 aromatic rings. The Morgan fingerprint density at radius 2 is 1.94 bits per heavy atom. The van der Waals surface area contributed by atoms with Crippen LogP contribution in [0.5, 0.6) is 11.7 Å². The van der Waals surface area contributed by atoms with Gasteiger partial charge in [0.2, 0.25) is 5.89 Å². The number of oxazole rings is 1. The fourth-order valence-corrected chi connectivity index (χ4v) is 3.16. The quantitative estimate of drug-likeness (QED) is 0.328. The van der Waals surface area contributed by atoms with Crippen molar-refractivity contribution in [1.29, 1.82) is 0 Å². The summed E-state index contributed by atoms with van der Waals surface area (Å²) in [4.78, 5) is 20.7. The lowest BCUT2D eigenvalue weighted by atomic mass is 10.0. The predicted octanol–water partition coefficient (Wildman–Crippen LogP) is 4.16. The van der Waals surface area contributed by atoms with E-state index in [0.717, 1.165) is 5.56 Å². The molecule has 0 aliphatic heterocycles. The molecule has 3 rings (SSSR count). The molecule has 9 heteroatoms. The number of benzene rings is 2. The first-order chi connectivity index (χ1) is 15.9. The largest absolute Gasteiger partial charge is 0.493 e. The van der Waals surface area contributed by atoms with E-state index in [1.165, 1.54) is 26.4 Å². The highest BCUT2D eigenvalue weighted by Crippen LogP contribution is 2.28. The Bertz CT molecular complexity index is 1120. The number of halogens is 1. The van der Waals surface area contributed by atoms with Crippen molar-refractivity contribution in [1.82, 2.24) is 10.5 Å². The second-order valence-corrected chi connectivity index (χ2v) is 7.10. The Kier molecular flexibility index (Phi) is 8.04. The van der Waals surface area contributed by atoms with E-state index in [9.17, 15) is 14.3 Å². The number of carbonyl (C=O) groups is 1. The fourth-order valence-electron chi connectivity index (χ4n) is 3.16. The van der Waals surface area contributed by atoms with Crippen molar-refractivity contribution in [3.05, 3.63) is 76.9 Å². The zero-order chi connectivity index (χ0) is 23.8. The number of ether oxygens (including phenoxy) is 2. The van der Waals surface area contributed by atoms with E-state index in [1.54, 1.807) is 43.3 Å². The summed E-state index contributed by atoms with van der Waals surface area (Å²) < 4.78 is 30.1. The average molecular weight is 456 g/mol. The van der Waals surface area contributed by atoms with Crippen LogP contribution in [0, 0.1) is 5.82 Å². The van der Waals surface area contributed by atoms with E-state index >= 15 is 0 Å². The van der Waals surface area contributed by atoms with Crippen LogP contribution < -0.4 is 15.0 Å². The Labute approximate surface area is 190 Å². The van der Waals surface area contributed by atoms with Crippen LogP contribution in [-0.4, -0.2) is 36.9 Å². The van der Waals surface area contributed by atoms with E-state index in [0.29, 0.717) is 35.7 Å². The van der Waals surface area contributed by atoms with Gasteiger partial charge in [-0.3, -0.25) is 10.3 Å². The highest BCUT2D eigenvalue weighted by atomic mass is 19.1. The van der Waals surface area contributed by atoms with Crippen molar-refractivity contribution >= 4 is 5.97 Å². The maximum Gasteiger partial charge on any atom is 0.333 e. The molecule has 0 saturated carbocycles. The third-order valence-electron chi connectivity index (χ3n) is 4.80. The number of aliphatic carboxylic acids is 1. The van der Waals surface area contributed by atoms with Gasteiger partial charge in [0.05, 0.1) is 26.4 Å². The van der Waals surface area contributed by atoms with Gasteiger partial charge in [-0.05, 0) is 42.8 Å². The van der Waals surface area contributed by atoms with Gasteiger partial charge in [0.25, 0.3) is 0 Å². The monoisotopic (exact) mass is 456 g/mol. The minimum atomic E-state index is -1.02. The number of nitrogens with zero attached hydrogens (tertiary/aromatic N) is 1. The molecular weight excluding hydrogens is 431 g/mol. The maximum atomic E-state index is 13.5. The molecule has 33 heavy (non-hydrogen) atoms. The molecule has 2 N–H and O–H groups in total. The fraction of sp³-hybridized carbons (Fsp3) is 0.250. The molecular formula is C24H25FN2O6. The molecule has 0 aliphatic carbocycles. The number of carboxylic acid groups (broad SMARTS) is 1. The SMILES string of the molecule is CONC(C)=C(Cc1ccc(OCCc2nc(-c3cccc(F)c3)oc2OC)cc1)C(=O)O. The molecule has 174 valence electrons. The van der Waals surface area contributed by atoms with Crippen LogP contribution in [0.15, 0.2) is 64.2 Å². The number of hydroxylamine groups is 1. The third-order valence-corrected chi connectivity index (χ3v) is 4.80. The first-order valence-electron chi connectivity index (χ1n) is 10.1. The Morgan fingerprint density at radius 1 is 1.18 bits per heavy atom. The van der Waals surface area contributed by atoms with Gasteiger partial charge in [0, 0.05) is 24.1 Å². The highest BCUT2D eigenvalue weighted by Gasteiger charge is 2.16. The third kappa shape index (κ3) is 6.33. The van der Waals surface area contributed by atoms with Gasteiger partial charge in [0.15, 0.2) is 0 Å². The molecule has 0 radical (unpaired) electrons. The van der Waals surface area contributed by atoms with Crippen LogP contribution in [0.4, 0.5) is 4.39 Å². The highest BCUT2D eigenvalue weighted by molar-refractivity contribution is 5.87. The lowest BCUT2D eigenvalue weighted by molar-refractivity contribution is -0.132. The van der Waals surface area contributed by atoms with E-state index in [-0.39, 0.29) is 29.6 Å². The summed E-state index contributed by atoms with van der Waals surface area (Å²) in [5.41, 5.74) is 5.09. The van der Waals surface area contributed by atoms with Crippen LogP contribution in [0.1, 0.15) is 18.2 Å².